The Morgan fingerprint density at radius 1 is 0.765 bits per heavy atom. The van der Waals surface area contributed by atoms with Gasteiger partial charge in [-0.25, -0.2) is 0 Å². The molecule has 2 bridgehead atoms. The van der Waals surface area contributed by atoms with Crippen molar-refractivity contribution in [3.05, 3.63) is 70.8 Å². The van der Waals surface area contributed by atoms with Gasteiger partial charge in [-0.15, -0.1) is 0 Å². The molecular formula is C17H16. The molecule has 84 valence electrons. The topological polar surface area (TPSA) is 0 Å². The van der Waals surface area contributed by atoms with Crippen LogP contribution in [0.4, 0.5) is 0 Å². The van der Waals surface area contributed by atoms with E-state index in [2.05, 4.69) is 55.5 Å². The van der Waals surface area contributed by atoms with Crippen molar-refractivity contribution in [1.29, 1.82) is 0 Å². The zero-order valence-electron chi connectivity index (χ0n) is 10.1. The molecule has 0 fully saturated rings. The van der Waals surface area contributed by atoms with E-state index in [0.29, 0.717) is 11.8 Å². The van der Waals surface area contributed by atoms with Gasteiger partial charge in [-0.2, -0.15) is 0 Å². The molecule has 0 aliphatic heterocycles. The minimum absolute atomic E-state index is 0.632. The fourth-order valence-electron chi connectivity index (χ4n) is 3.93. The summed E-state index contributed by atoms with van der Waals surface area (Å²) < 4.78 is 0. The molecule has 0 heterocycles. The lowest BCUT2D eigenvalue weighted by Crippen LogP contribution is -2.30. The average Bonchev–Trinajstić information content (AvgIpc) is 2.39. The lowest BCUT2D eigenvalue weighted by molar-refractivity contribution is 0.385. The number of fused-ring (bicyclic) bond motifs is 1. The molecule has 17 heavy (non-hydrogen) atoms. The van der Waals surface area contributed by atoms with Gasteiger partial charge < -0.3 is 0 Å². The second-order valence-corrected chi connectivity index (χ2v) is 5.50. The first-order chi connectivity index (χ1) is 8.36. The van der Waals surface area contributed by atoms with E-state index < -0.39 is 0 Å². The fraction of sp³-hybridized carbons (Fsp3) is 0.294. The molecule has 0 heteroatoms. The number of benzene rings is 2. The molecule has 2 aromatic rings. The van der Waals surface area contributed by atoms with E-state index in [-0.39, 0.29) is 0 Å². The Hall–Kier alpha value is -1.56. The summed E-state index contributed by atoms with van der Waals surface area (Å²) in [5, 5.41) is 0. The number of hydrogen-bond acceptors (Lipinski definition) is 0. The van der Waals surface area contributed by atoms with Crippen LogP contribution in [-0.2, 0) is 0 Å². The van der Waals surface area contributed by atoms with Crippen molar-refractivity contribution >= 4 is 0 Å². The SMILES string of the molecule is C[C@@H]1CC2c3ccccc3C1c1ccccc12. The highest BCUT2D eigenvalue weighted by Gasteiger charge is 2.40. The van der Waals surface area contributed by atoms with Crippen LogP contribution in [0.5, 0.6) is 0 Å². The van der Waals surface area contributed by atoms with Gasteiger partial charge in [0.15, 0.2) is 0 Å². The van der Waals surface area contributed by atoms with Gasteiger partial charge in [0.25, 0.3) is 0 Å². The van der Waals surface area contributed by atoms with E-state index in [9.17, 15) is 0 Å². The van der Waals surface area contributed by atoms with Crippen molar-refractivity contribution in [2.45, 2.75) is 25.2 Å². The largest absolute Gasteiger partial charge is 0.0620 e. The van der Waals surface area contributed by atoms with Crippen LogP contribution in [0, 0.1) is 5.92 Å². The lowest BCUT2D eigenvalue weighted by atomic mass is 9.60. The molecule has 0 amide bonds. The predicted octanol–water partition coefficient (Wildman–Crippen LogP) is 4.30. The maximum absolute atomic E-state index is 2.41. The highest BCUT2D eigenvalue weighted by atomic mass is 14.4. The Morgan fingerprint density at radius 3 is 1.76 bits per heavy atom. The molecule has 0 aromatic heterocycles. The summed E-state index contributed by atoms with van der Waals surface area (Å²) >= 11 is 0. The zero-order chi connectivity index (χ0) is 11.4. The van der Waals surface area contributed by atoms with Crippen LogP contribution in [0.15, 0.2) is 48.5 Å². The molecule has 3 aliphatic carbocycles. The van der Waals surface area contributed by atoms with Gasteiger partial charge >= 0.3 is 0 Å². The van der Waals surface area contributed by atoms with Crippen LogP contribution in [0.3, 0.4) is 0 Å². The summed E-state index contributed by atoms with van der Waals surface area (Å²) in [4.78, 5) is 0. The molecule has 0 saturated heterocycles. The van der Waals surface area contributed by atoms with E-state index >= 15 is 0 Å². The monoisotopic (exact) mass is 220 g/mol. The quantitative estimate of drug-likeness (QED) is 0.621. The Balaban J connectivity index is 2.04. The molecule has 0 N–H and O–H groups in total. The van der Waals surface area contributed by atoms with Crippen molar-refractivity contribution in [2.24, 2.45) is 5.92 Å². The van der Waals surface area contributed by atoms with E-state index in [1.807, 2.05) is 0 Å². The average molecular weight is 220 g/mol. The highest BCUT2D eigenvalue weighted by Crippen LogP contribution is 2.54. The molecule has 0 spiro atoms. The molecule has 0 unspecified atom stereocenters. The van der Waals surface area contributed by atoms with Crippen molar-refractivity contribution in [1.82, 2.24) is 0 Å². The summed E-state index contributed by atoms with van der Waals surface area (Å²) in [5.41, 5.74) is 6.31. The molecule has 2 aromatic carbocycles. The van der Waals surface area contributed by atoms with Crippen LogP contribution in [0.2, 0.25) is 0 Å². The van der Waals surface area contributed by atoms with Crippen molar-refractivity contribution in [2.75, 3.05) is 0 Å². The lowest BCUT2D eigenvalue weighted by Gasteiger charge is -2.44. The van der Waals surface area contributed by atoms with Gasteiger partial charge in [0.1, 0.15) is 0 Å². The van der Waals surface area contributed by atoms with Crippen LogP contribution >= 0.6 is 0 Å². The van der Waals surface area contributed by atoms with Crippen molar-refractivity contribution < 1.29 is 0 Å². The number of hydrogen-bond donors (Lipinski definition) is 0. The van der Waals surface area contributed by atoms with Crippen molar-refractivity contribution in [3.8, 4) is 0 Å². The van der Waals surface area contributed by atoms with Crippen LogP contribution in [0.1, 0.15) is 47.4 Å². The number of rotatable bonds is 0. The normalized spacial score (nSPS) is 28.6. The molecule has 1 atom stereocenters. The van der Waals surface area contributed by atoms with Gasteiger partial charge in [-0.3, -0.25) is 0 Å². The summed E-state index contributed by atoms with van der Waals surface area (Å²) in [6.07, 6.45) is 1.32. The zero-order valence-corrected chi connectivity index (χ0v) is 10.1. The predicted molar refractivity (Wildman–Crippen MR) is 70.4 cm³/mol. The second-order valence-electron chi connectivity index (χ2n) is 5.50. The third-order valence-corrected chi connectivity index (χ3v) is 4.59. The molecule has 3 aliphatic rings. The Bertz CT molecular complexity index is 535. The third-order valence-electron chi connectivity index (χ3n) is 4.59. The Morgan fingerprint density at radius 2 is 1.24 bits per heavy atom. The summed E-state index contributed by atoms with van der Waals surface area (Å²) in [6.45, 7) is 2.41. The summed E-state index contributed by atoms with van der Waals surface area (Å²) in [5.74, 6) is 2.06. The van der Waals surface area contributed by atoms with E-state index in [0.717, 1.165) is 5.92 Å². The molecule has 0 nitrogen and oxygen atoms in total. The standard InChI is InChI=1S/C17H16/c1-11-10-16-12-6-2-4-8-14(12)17(11)15-9-5-3-7-13(15)16/h2-9,11,16-17H,10H2,1H3/t11-,16?,17?/m1/s1. The van der Waals surface area contributed by atoms with Gasteiger partial charge in [-0.05, 0) is 34.6 Å². The second kappa shape index (κ2) is 3.22. The Kier molecular flexibility index (Phi) is 1.80. The first-order valence-corrected chi connectivity index (χ1v) is 6.54. The summed E-state index contributed by atoms with van der Waals surface area (Å²) in [6, 6.07) is 18.1. The van der Waals surface area contributed by atoms with E-state index in [1.54, 1.807) is 22.3 Å². The molecule has 5 rings (SSSR count). The smallest absolute Gasteiger partial charge is 0.0121 e. The third kappa shape index (κ3) is 1.13. The first kappa shape index (κ1) is 9.47. The molecule has 0 saturated carbocycles. The maximum atomic E-state index is 2.41. The first-order valence-electron chi connectivity index (χ1n) is 6.54. The summed E-state index contributed by atoms with van der Waals surface area (Å²) in [7, 11) is 0. The maximum Gasteiger partial charge on any atom is 0.0121 e. The minimum atomic E-state index is 0.632. The van der Waals surface area contributed by atoms with Crippen LogP contribution in [-0.4, -0.2) is 0 Å². The minimum Gasteiger partial charge on any atom is -0.0620 e. The van der Waals surface area contributed by atoms with Crippen LogP contribution < -0.4 is 0 Å². The fourth-order valence-corrected chi connectivity index (χ4v) is 3.93. The Labute approximate surface area is 102 Å². The van der Waals surface area contributed by atoms with Gasteiger partial charge in [0, 0.05) is 11.8 Å². The highest BCUT2D eigenvalue weighted by molar-refractivity contribution is 5.55. The van der Waals surface area contributed by atoms with E-state index in [4.69, 9.17) is 0 Å². The van der Waals surface area contributed by atoms with Gasteiger partial charge in [-0.1, -0.05) is 55.5 Å². The molecule has 0 radical (unpaired) electrons. The van der Waals surface area contributed by atoms with Gasteiger partial charge in [0.05, 0.1) is 0 Å². The van der Waals surface area contributed by atoms with Gasteiger partial charge in [0.2, 0.25) is 0 Å². The van der Waals surface area contributed by atoms with E-state index in [1.165, 1.54) is 6.42 Å². The van der Waals surface area contributed by atoms with Crippen molar-refractivity contribution in [3.63, 3.8) is 0 Å². The van der Waals surface area contributed by atoms with Crippen LogP contribution in [0.25, 0.3) is 0 Å². The molecular weight excluding hydrogens is 204 g/mol.